The molecule has 1 aliphatic heterocycles. The molecule has 2 N–H and O–H groups in total. The van der Waals surface area contributed by atoms with E-state index in [1.807, 2.05) is 0 Å². The fraction of sp³-hybridized carbons (Fsp3) is 0.286. The van der Waals surface area contributed by atoms with Crippen molar-refractivity contribution >= 4 is 33.2 Å². The van der Waals surface area contributed by atoms with Crippen molar-refractivity contribution < 1.29 is 14.0 Å². The van der Waals surface area contributed by atoms with Crippen molar-refractivity contribution in [1.82, 2.24) is 10.6 Å². The molecule has 6 heteroatoms. The number of carbonyl (C=O) groups excluding carboxylic acids is 2. The van der Waals surface area contributed by atoms with Gasteiger partial charge in [-0.25, -0.2) is 4.39 Å². The molecule has 1 fully saturated rings. The molecule has 1 aromatic carbocycles. The molecule has 0 spiro atoms. The third kappa shape index (κ3) is 2.38. The molecule has 0 aliphatic carbocycles. The second-order valence-corrected chi connectivity index (χ2v) is 5.81. The zero-order valence-corrected chi connectivity index (χ0v) is 11.4. The molecule has 2 amide bonds. The number of fused-ring (bicyclic) bond motifs is 1. The summed E-state index contributed by atoms with van der Waals surface area (Å²) in [5.74, 6) is -0.822. The average molecular weight is 292 g/mol. The van der Waals surface area contributed by atoms with Crippen LogP contribution in [0.5, 0.6) is 0 Å². The highest BCUT2D eigenvalue weighted by atomic mass is 32.1. The van der Waals surface area contributed by atoms with Crippen LogP contribution in [0.1, 0.15) is 22.5 Å². The van der Waals surface area contributed by atoms with E-state index in [0.29, 0.717) is 23.2 Å². The number of piperidine rings is 1. The predicted octanol–water partition coefficient (Wildman–Crippen LogP) is 2.05. The van der Waals surface area contributed by atoms with E-state index in [2.05, 4.69) is 10.6 Å². The van der Waals surface area contributed by atoms with Gasteiger partial charge in [0.2, 0.25) is 5.91 Å². The highest BCUT2D eigenvalue weighted by Crippen LogP contribution is 2.27. The summed E-state index contributed by atoms with van der Waals surface area (Å²) in [7, 11) is 0. The zero-order valence-electron chi connectivity index (χ0n) is 10.6. The van der Waals surface area contributed by atoms with Gasteiger partial charge in [0, 0.05) is 16.6 Å². The third-order valence-electron chi connectivity index (χ3n) is 3.32. The number of rotatable bonds is 2. The topological polar surface area (TPSA) is 58.2 Å². The van der Waals surface area contributed by atoms with Gasteiger partial charge in [0.15, 0.2) is 0 Å². The van der Waals surface area contributed by atoms with Crippen LogP contribution in [-0.2, 0) is 4.79 Å². The van der Waals surface area contributed by atoms with Gasteiger partial charge in [0.1, 0.15) is 11.9 Å². The fourth-order valence-electron chi connectivity index (χ4n) is 2.28. The van der Waals surface area contributed by atoms with Crippen molar-refractivity contribution in [3.8, 4) is 0 Å². The molecule has 0 bridgehead atoms. The van der Waals surface area contributed by atoms with Crippen LogP contribution in [0.2, 0.25) is 0 Å². The average Bonchev–Trinajstić information content (AvgIpc) is 2.87. The maximum absolute atomic E-state index is 13.6. The van der Waals surface area contributed by atoms with Crippen molar-refractivity contribution in [1.29, 1.82) is 0 Å². The van der Waals surface area contributed by atoms with Crippen molar-refractivity contribution in [2.45, 2.75) is 18.9 Å². The number of carbonyl (C=O) groups is 2. The molecular weight excluding hydrogens is 279 g/mol. The summed E-state index contributed by atoms with van der Waals surface area (Å²) in [6, 6.07) is 5.79. The highest BCUT2D eigenvalue weighted by molar-refractivity contribution is 7.20. The summed E-state index contributed by atoms with van der Waals surface area (Å²) in [4.78, 5) is 24.2. The van der Waals surface area contributed by atoms with Crippen molar-refractivity contribution in [2.24, 2.45) is 0 Å². The number of halogens is 1. The quantitative estimate of drug-likeness (QED) is 0.890. The van der Waals surface area contributed by atoms with Crippen LogP contribution >= 0.6 is 11.3 Å². The highest BCUT2D eigenvalue weighted by Gasteiger charge is 2.24. The summed E-state index contributed by atoms with van der Waals surface area (Å²) < 4.78 is 14.3. The smallest absolute Gasteiger partial charge is 0.262 e. The van der Waals surface area contributed by atoms with E-state index in [0.717, 1.165) is 11.1 Å². The first kappa shape index (κ1) is 13.1. The molecule has 2 aromatic rings. The van der Waals surface area contributed by atoms with E-state index >= 15 is 0 Å². The minimum absolute atomic E-state index is 0.156. The van der Waals surface area contributed by atoms with Crippen LogP contribution < -0.4 is 10.6 Å². The first-order valence-corrected chi connectivity index (χ1v) is 7.23. The normalized spacial score (nSPS) is 18.9. The first-order valence-electron chi connectivity index (χ1n) is 6.42. The van der Waals surface area contributed by atoms with E-state index in [1.165, 1.54) is 23.5 Å². The van der Waals surface area contributed by atoms with Crippen LogP contribution in [-0.4, -0.2) is 24.4 Å². The fourth-order valence-corrected chi connectivity index (χ4v) is 3.25. The predicted molar refractivity (Wildman–Crippen MR) is 75.3 cm³/mol. The molecular formula is C14H13FN2O2S. The minimum Gasteiger partial charge on any atom is -0.354 e. The maximum Gasteiger partial charge on any atom is 0.262 e. The summed E-state index contributed by atoms with van der Waals surface area (Å²) >= 11 is 1.23. The van der Waals surface area contributed by atoms with Crippen LogP contribution in [0.4, 0.5) is 4.39 Å². The van der Waals surface area contributed by atoms with Gasteiger partial charge in [-0.05, 0) is 31.0 Å². The van der Waals surface area contributed by atoms with Gasteiger partial charge >= 0.3 is 0 Å². The third-order valence-corrected chi connectivity index (χ3v) is 4.42. The Morgan fingerprint density at radius 2 is 2.30 bits per heavy atom. The number of hydrogen-bond acceptors (Lipinski definition) is 3. The molecule has 0 unspecified atom stereocenters. The molecule has 1 atom stereocenters. The van der Waals surface area contributed by atoms with Gasteiger partial charge in [0.05, 0.1) is 4.88 Å². The Kier molecular flexibility index (Phi) is 3.40. The van der Waals surface area contributed by atoms with Gasteiger partial charge in [-0.2, -0.15) is 0 Å². The molecule has 104 valence electrons. The van der Waals surface area contributed by atoms with Gasteiger partial charge in [-0.3, -0.25) is 9.59 Å². The van der Waals surface area contributed by atoms with Crippen LogP contribution in [0.15, 0.2) is 24.3 Å². The van der Waals surface area contributed by atoms with Gasteiger partial charge < -0.3 is 10.6 Å². The molecule has 3 rings (SSSR count). The van der Waals surface area contributed by atoms with Crippen molar-refractivity contribution in [2.75, 3.05) is 6.54 Å². The monoisotopic (exact) mass is 292 g/mol. The largest absolute Gasteiger partial charge is 0.354 e. The van der Waals surface area contributed by atoms with Gasteiger partial charge in [-0.15, -0.1) is 11.3 Å². The molecule has 4 nitrogen and oxygen atoms in total. The zero-order chi connectivity index (χ0) is 14.1. The second-order valence-electron chi connectivity index (χ2n) is 4.72. The summed E-state index contributed by atoms with van der Waals surface area (Å²) in [6.45, 7) is 0.652. The van der Waals surface area contributed by atoms with E-state index in [1.54, 1.807) is 12.1 Å². The number of nitrogens with one attached hydrogen (secondary N) is 2. The second kappa shape index (κ2) is 5.20. The van der Waals surface area contributed by atoms with Gasteiger partial charge in [-0.1, -0.05) is 6.07 Å². The maximum atomic E-state index is 13.6. The van der Waals surface area contributed by atoms with E-state index in [-0.39, 0.29) is 17.6 Å². The molecule has 1 saturated heterocycles. The Morgan fingerprint density at radius 1 is 1.45 bits per heavy atom. The number of amides is 2. The van der Waals surface area contributed by atoms with Crippen LogP contribution in [0.3, 0.4) is 0 Å². The van der Waals surface area contributed by atoms with E-state index < -0.39 is 6.04 Å². The lowest BCUT2D eigenvalue weighted by molar-refractivity contribution is -0.124. The molecule has 20 heavy (non-hydrogen) atoms. The van der Waals surface area contributed by atoms with Crippen LogP contribution in [0, 0.1) is 5.82 Å². The molecule has 1 aliphatic rings. The Labute approximate surface area is 119 Å². The number of benzene rings is 1. The summed E-state index contributed by atoms with van der Waals surface area (Å²) in [5, 5.41) is 5.86. The molecule has 2 heterocycles. The lowest BCUT2D eigenvalue weighted by atomic mass is 10.1. The Bertz CT molecular complexity index is 683. The number of thiophene rings is 1. The first-order chi connectivity index (χ1) is 9.65. The molecule has 0 saturated carbocycles. The minimum atomic E-state index is -0.494. The summed E-state index contributed by atoms with van der Waals surface area (Å²) in [6.07, 6.45) is 1.48. The van der Waals surface area contributed by atoms with Gasteiger partial charge in [0.25, 0.3) is 5.91 Å². The lowest BCUT2D eigenvalue weighted by Crippen LogP contribution is -2.50. The van der Waals surface area contributed by atoms with E-state index in [9.17, 15) is 14.0 Å². The summed E-state index contributed by atoms with van der Waals surface area (Å²) in [5.41, 5.74) is 0. The standard InChI is InChI=1S/C14H13FN2O2S/c15-9-3-1-5-11-8(9)7-12(20-11)14(19)17-10-4-2-6-16-13(10)18/h1,3,5,7,10H,2,4,6H2,(H,16,18)(H,17,19)/t10-/m1/s1. The lowest BCUT2D eigenvalue weighted by Gasteiger charge is -2.22. The van der Waals surface area contributed by atoms with Crippen LogP contribution in [0.25, 0.3) is 10.1 Å². The van der Waals surface area contributed by atoms with Crippen molar-refractivity contribution in [3.05, 3.63) is 35.0 Å². The Balaban J connectivity index is 1.82. The number of hydrogen-bond donors (Lipinski definition) is 2. The SMILES string of the molecule is O=C(N[C@@H]1CCCNC1=O)c1cc2c(F)cccc2s1. The Hall–Kier alpha value is -1.95. The molecule has 0 radical (unpaired) electrons. The molecule has 1 aromatic heterocycles. The Morgan fingerprint density at radius 3 is 3.05 bits per heavy atom. The van der Waals surface area contributed by atoms with Crippen molar-refractivity contribution in [3.63, 3.8) is 0 Å². The van der Waals surface area contributed by atoms with E-state index in [4.69, 9.17) is 0 Å².